The van der Waals surface area contributed by atoms with Crippen LogP contribution in [0.15, 0.2) is 63.8 Å². The van der Waals surface area contributed by atoms with Crippen molar-refractivity contribution < 1.29 is 37.8 Å². The van der Waals surface area contributed by atoms with E-state index in [-0.39, 0.29) is 75.5 Å². The van der Waals surface area contributed by atoms with Gasteiger partial charge >= 0.3 is 0 Å². The second-order valence-corrected chi connectivity index (χ2v) is 15.9. The van der Waals surface area contributed by atoms with E-state index in [0.29, 0.717) is 48.7 Å². The van der Waals surface area contributed by atoms with E-state index in [1.54, 1.807) is 19.1 Å². The van der Waals surface area contributed by atoms with Gasteiger partial charge in [-0.1, -0.05) is 75.2 Å². The maximum absolute atomic E-state index is 15.0. The van der Waals surface area contributed by atoms with E-state index in [0.717, 1.165) is 12.1 Å². The summed E-state index contributed by atoms with van der Waals surface area (Å²) in [5.41, 5.74) is -0.0263. The lowest BCUT2D eigenvalue weighted by atomic mass is 9.70. The molecule has 1 fully saturated rings. The number of fused-ring (bicyclic) bond motifs is 6. The summed E-state index contributed by atoms with van der Waals surface area (Å²) in [5.74, 6) is -1.63. The third-order valence-electron chi connectivity index (χ3n) is 12.2. The second kappa shape index (κ2) is 14.3. The predicted molar refractivity (Wildman–Crippen MR) is 207 cm³/mol. The standard InChI is InChI=1S/C43H44ClN3O9/c1-6-22(2)37(42(52)46-19-24-16-26(21-46)28-13-10-14-33(49)47(28)20-24)45-32(48)17-27-34-30(55-38(27)25-11-8-7-9-12-25)15-23(3)43(40(34)50)41(51)35-29(53-4)18-31(54-5)36(44)39(35)56-43/h7-14,18,22-24,26,37H,6,15-17,19-21H2,1-5H3,(H,45,48)/t22?,23-,24-,26+,37+,43+/m1/s1. The lowest BCUT2D eigenvalue weighted by Gasteiger charge is -2.44. The molecule has 8 rings (SSSR count). The summed E-state index contributed by atoms with van der Waals surface area (Å²) in [6.45, 7) is 7.12. The molecular weight excluding hydrogens is 738 g/mol. The fourth-order valence-electron chi connectivity index (χ4n) is 9.16. The van der Waals surface area contributed by atoms with Crippen LogP contribution in [0.2, 0.25) is 5.02 Å². The monoisotopic (exact) mass is 781 g/mol. The fourth-order valence-corrected chi connectivity index (χ4v) is 9.43. The summed E-state index contributed by atoms with van der Waals surface area (Å²) >= 11 is 6.67. The molecule has 56 heavy (non-hydrogen) atoms. The van der Waals surface area contributed by atoms with Gasteiger partial charge in [-0.15, -0.1) is 0 Å². The Kier molecular flexibility index (Phi) is 9.59. The predicted octanol–water partition coefficient (Wildman–Crippen LogP) is 5.89. The number of furan rings is 1. The zero-order valence-electron chi connectivity index (χ0n) is 32.0. The lowest BCUT2D eigenvalue weighted by Crippen LogP contribution is -2.57. The number of amides is 2. The van der Waals surface area contributed by atoms with Gasteiger partial charge in [0.1, 0.15) is 39.6 Å². The number of likely N-dealkylation sites (tertiary alicyclic amines) is 1. The van der Waals surface area contributed by atoms with Crippen molar-refractivity contribution in [3.05, 3.63) is 98.1 Å². The fraction of sp³-hybridized carbons (Fsp3) is 0.419. The van der Waals surface area contributed by atoms with E-state index in [1.165, 1.54) is 20.3 Å². The van der Waals surface area contributed by atoms with Gasteiger partial charge in [-0.3, -0.25) is 24.0 Å². The number of hydrogen-bond donors (Lipinski definition) is 1. The normalized spacial score (nSPS) is 23.1. The first kappa shape index (κ1) is 37.6. The smallest absolute Gasteiger partial charge is 0.250 e. The molecule has 1 saturated heterocycles. The van der Waals surface area contributed by atoms with Gasteiger partial charge in [-0.25, -0.2) is 0 Å². The van der Waals surface area contributed by atoms with Crippen LogP contribution >= 0.6 is 11.6 Å². The third-order valence-corrected chi connectivity index (χ3v) is 12.6. The molecule has 1 aliphatic carbocycles. The number of nitrogens with zero attached hydrogens (tertiary/aromatic N) is 2. The van der Waals surface area contributed by atoms with Crippen LogP contribution in [-0.2, 0) is 29.0 Å². The number of methoxy groups -OCH3 is 2. The Morgan fingerprint density at radius 3 is 2.43 bits per heavy atom. The summed E-state index contributed by atoms with van der Waals surface area (Å²) in [4.78, 5) is 72.6. The minimum atomic E-state index is -2.01. The summed E-state index contributed by atoms with van der Waals surface area (Å²) in [7, 11) is 2.83. The molecule has 6 atom stereocenters. The van der Waals surface area contributed by atoms with Crippen LogP contribution in [0.25, 0.3) is 11.3 Å². The molecule has 2 aromatic carbocycles. The lowest BCUT2D eigenvalue weighted by molar-refractivity contribution is -0.140. The van der Waals surface area contributed by atoms with Crippen LogP contribution in [0.1, 0.15) is 77.3 Å². The number of halogens is 1. The number of benzene rings is 2. The highest BCUT2D eigenvalue weighted by Gasteiger charge is 2.63. The highest BCUT2D eigenvalue weighted by molar-refractivity contribution is 6.36. The first-order valence-corrected chi connectivity index (χ1v) is 19.5. The Morgan fingerprint density at radius 1 is 0.982 bits per heavy atom. The SMILES string of the molecule is CCC(C)[C@H](NC(=O)Cc1c(-c2ccccc2)oc2c1C(=O)[C@@]1(Oc3c(Cl)c(OC)cc(OC)c3C1=O)[C@H](C)C2)C(=O)N1C[C@H]2C[C@@H](C1)c1cccc(=O)n1C2. The Bertz CT molecular complexity index is 2330. The van der Waals surface area contributed by atoms with Crippen molar-refractivity contribution in [3.8, 4) is 28.6 Å². The first-order chi connectivity index (χ1) is 26.9. The van der Waals surface area contributed by atoms with Gasteiger partial charge in [-0.2, -0.15) is 0 Å². The van der Waals surface area contributed by atoms with Crippen LogP contribution in [0, 0.1) is 17.8 Å². The first-order valence-electron chi connectivity index (χ1n) is 19.1. The van der Waals surface area contributed by atoms with Crippen molar-refractivity contribution >= 4 is 35.0 Å². The van der Waals surface area contributed by atoms with Gasteiger partial charge < -0.3 is 33.4 Å². The van der Waals surface area contributed by atoms with Crippen LogP contribution in [-0.4, -0.2) is 71.8 Å². The molecule has 1 spiro atoms. The number of ether oxygens (including phenoxy) is 3. The number of carbonyl (C=O) groups is 4. The third kappa shape index (κ3) is 5.83. The Hall–Kier alpha value is -5.36. The summed E-state index contributed by atoms with van der Waals surface area (Å²) in [5, 5.41) is 3.08. The maximum atomic E-state index is 15.0. The quantitative estimate of drug-likeness (QED) is 0.206. The maximum Gasteiger partial charge on any atom is 0.250 e. The number of hydrogen-bond acceptors (Lipinski definition) is 9. The van der Waals surface area contributed by atoms with E-state index in [2.05, 4.69) is 5.32 Å². The van der Waals surface area contributed by atoms with E-state index in [9.17, 15) is 19.2 Å². The molecule has 1 unspecified atom stereocenters. The van der Waals surface area contributed by atoms with Crippen molar-refractivity contribution in [2.24, 2.45) is 17.8 Å². The molecule has 0 saturated carbocycles. The molecule has 3 aliphatic heterocycles. The number of carbonyl (C=O) groups excluding carboxylic acids is 4. The summed E-state index contributed by atoms with van der Waals surface area (Å²) in [6, 6.07) is 15.1. The molecule has 4 aromatic rings. The van der Waals surface area contributed by atoms with Crippen molar-refractivity contribution in [1.29, 1.82) is 0 Å². The Labute approximate surface area is 329 Å². The zero-order chi connectivity index (χ0) is 39.6. The molecule has 13 heteroatoms. The van der Waals surface area contributed by atoms with Crippen molar-refractivity contribution in [1.82, 2.24) is 14.8 Å². The van der Waals surface area contributed by atoms with Crippen LogP contribution in [0.5, 0.6) is 17.2 Å². The minimum absolute atomic E-state index is 0.00472. The largest absolute Gasteiger partial charge is 0.496 e. The molecule has 292 valence electrons. The molecule has 4 aliphatic rings. The zero-order valence-corrected chi connectivity index (χ0v) is 32.7. The molecular formula is C43H44ClN3O9. The van der Waals surface area contributed by atoms with Gasteiger partial charge in [0, 0.05) is 66.8 Å². The minimum Gasteiger partial charge on any atom is -0.496 e. The number of piperidine rings is 1. The van der Waals surface area contributed by atoms with Gasteiger partial charge in [0.15, 0.2) is 5.75 Å². The van der Waals surface area contributed by atoms with E-state index in [1.807, 2.05) is 59.7 Å². The topological polar surface area (TPSA) is 146 Å². The molecule has 5 heterocycles. The van der Waals surface area contributed by atoms with Gasteiger partial charge in [-0.05, 0) is 24.3 Å². The highest BCUT2D eigenvalue weighted by Crippen LogP contribution is 2.54. The summed E-state index contributed by atoms with van der Waals surface area (Å²) < 4.78 is 25.6. The number of rotatable bonds is 9. The average Bonchev–Trinajstić information content (AvgIpc) is 3.72. The molecule has 2 bridgehead atoms. The van der Waals surface area contributed by atoms with Crippen LogP contribution in [0.4, 0.5) is 0 Å². The molecule has 1 N–H and O–H groups in total. The number of pyridine rings is 1. The van der Waals surface area contributed by atoms with Gasteiger partial charge in [0.05, 0.1) is 26.2 Å². The van der Waals surface area contributed by atoms with Gasteiger partial charge in [0.2, 0.25) is 29.0 Å². The Morgan fingerprint density at radius 2 is 1.71 bits per heavy atom. The highest BCUT2D eigenvalue weighted by atomic mass is 35.5. The van der Waals surface area contributed by atoms with Crippen molar-refractivity contribution in [3.63, 3.8) is 0 Å². The number of ketones is 2. The Balaban J connectivity index is 1.13. The van der Waals surface area contributed by atoms with Crippen molar-refractivity contribution in [2.75, 3.05) is 27.3 Å². The average molecular weight is 782 g/mol. The van der Waals surface area contributed by atoms with Gasteiger partial charge in [0.25, 0.3) is 5.56 Å². The van der Waals surface area contributed by atoms with E-state index in [4.69, 9.17) is 30.2 Å². The van der Waals surface area contributed by atoms with E-state index < -0.39 is 35.0 Å². The number of nitrogens with one attached hydrogen (secondary N) is 1. The van der Waals surface area contributed by atoms with Crippen LogP contribution in [0.3, 0.4) is 0 Å². The number of aromatic nitrogens is 1. The second-order valence-electron chi connectivity index (χ2n) is 15.5. The molecule has 0 radical (unpaired) electrons. The van der Waals surface area contributed by atoms with Crippen LogP contribution < -0.4 is 25.1 Å². The molecule has 12 nitrogen and oxygen atoms in total. The molecule has 2 amide bonds. The molecule has 2 aromatic heterocycles. The van der Waals surface area contributed by atoms with E-state index >= 15 is 4.79 Å². The summed E-state index contributed by atoms with van der Waals surface area (Å²) in [6.07, 6.45) is 1.36. The number of Topliss-reactive ketones (excluding diaryl/α,β-unsaturated/α-hetero) is 2. The van der Waals surface area contributed by atoms with Crippen molar-refractivity contribution in [2.45, 2.75) is 70.6 Å².